The standard InChI is InChI=1S/C10H14F5NOS/c1-2-18-7-5-3-4-6(7)16-8(17)9(11,12)10(13,14)15/h6-7H,2-5H2,1H3,(H,16,17). The van der Waals surface area contributed by atoms with Gasteiger partial charge in [0.1, 0.15) is 0 Å². The fourth-order valence-corrected chi connectivity index (χ4v) is 3.09. The third kappa shape index (κ3) is 3.27. The molecule has 0 saturated heterocycles. The molecule has 0 aliphatic heterocycles. The van der Waals surface area contributed by atoms with Gasteiger partial charge in [0, 0.05) is 11.3 Å². The molecule has 8 heteroatoms. The van der Waals surface area contributed by atoms with Gasteiger partial charge in [0.25, 0.3) is 0 Å². The lowest BCUT2D eigenvalue weighted by molar-refractivity contribution is -0.270. The van der Waals surface area contributed by atoms with E-state index in [1.54, 1.807) is 0 Å². The molecule has 0 spiro atoms. The van der Waals surface area contributed by atoms with Crippen molar-refractivity contribution in [2.75, 3.05) is 5.75 Å². The summed E-state index contributed by atoms with van der Waals surface area (Å²) >= 11 is 1.47. The summed E-state index contributed by atoms with van der Waals surface area (Å²) < 4.78 is 61.5. The number of carbonyl (C=O) groups is 1. The van der Waals surface area contributed by atoms with Crippen molar-refractivity contribution >= 4 is 17.7 Å². The molecule has 1 aliphatic rings. The molecule has 106 valence electrons. The van der Waals surface area contributed by atoms with E-state index in [-0.39, 0.29) is 5.25 Å². The van der Waals surface area contributed by atoms with Crippen LogP contribution in [0.5, 0.6) is 0 Å². The summed E-state index contributed by atoms with van der Waals surface area (Å²) in [5.41, 5.74) is 0. The molecule has 2 atom stereocenters. The molecule has 0 aromatic heterocycles. The van der Waals surface area contributed by atoms with Crippen LogP contribution in [0.4, 0.5) is 22.0 Å². The van der Waals surface area contributed by atoms with E-state index in [2.05, 4.69) is 0 Å². The summed E-state index contributed by atoms with van der Waals surface area (Å²) in [6, 6.07) is -0.601. The number of thioether (sulfide) groups is 1. The van der Waals surface area contributed by atoms with Gasteiger partial charge in [-0.15, -0.1) is 0 Å². The molecule has 0 aromatic rings. The van der Waals surface area contributed by atoms with Gasteiger partial charge in [0.2, 0.25) is 0 Å². The van der Waals surface area contributed by atoms with Gasteiger partial charge in [-0.2, -0.15) is 33.7 Å². The molecule has 1 amide bonds. The lowest BCUT2D eigenvalue weighted by Gasteiger charge is -2.24. The Kier molecular flexibility index (Phi) is 4.85. The van der Waals surface area contributed by atoms with E-state index in [1.165, 1.54) is 11.8 Å². The molecule has 0 heterocycles. The zero-order valence-electron chi connectivity index (χ0n) is 9.69. The van der Waals surface area contributed by atoms with Gasteiger partial charge in [0.05, 0.1) is 0 Å². The highest BCUT2D eigenvalue weighted by Crippen LogP contribution is 2.37. The molecule has 1 N–H and O–H groups in total. The van der Waals surface area contributed by atoms with Crippen LogP contribution in [0.1, 0.15) is 26.2 Å². The van der Waals surface area contributed by atoms with E-state index >= 15 is 0 Å². The van der Waals surface area contributed by atoms with E-state index < -0.39 is 24.0 Å². The molecule has 1 aliphatic carbocycles. The third-order valence-corrected chi connectivity index (χ3v) is 4.12. The molecule has 2 unspecified atom stereocenters. The number of hydrogen-bond acceptors (Lipinski definition) is 2. The van der Waals surface area contributed by atoms with Crippen LogP contribution in [0, 0.1) is 0 Å². The van der Waals surface area contributed by atoms with E-state index in [9.17, 15) is 26.7 Å². The maximum Gasteiger partial charge on any atom is 0.463 e. The Morgan fingerprint density at radius 3 is 2.39 bits per heavy atom. The van der Waals surface area contributed by atoms with Crippen molar-refractivity contribution in [1.29, 1.82) is 0 Å². The number of halogens is 5. The molecule has 0 radical (unpaired) electrons. The van der Waals surface area contributed by atoms with Gasteiger partial charge in [-0.1, -0.05) is 13.3 Å². The second-order valence-corrected chi connectivity index (χ2v) is 5.59. The second-order valence-electron chi connectivity index (χ2n) is 4.08. The quantitative estimate of drug-likeness (QED) is 0.807. The van der Waals surface area contributed by atoms with Crippen LogP contribution in [0.3, 0.4) is 0 Å². The summed E-state index contributed by atoms with van der Waals surface area (Å²) in [5.74, 6) is -6.84. The lowest BCUT2D eigenvalue weighted by Crippen LogP contribution is -2.54. The van der Waals surface area contributed by atoms with Crippen molar-refractivity contribution in [3.63, 3.8) is 0 Å². The second kappa shape index (κ2) is 5.63. The fourth-order valence-electron chi connectivity index (χ4n) is 1.89. The van der Waals surface area contributed by atoms with Gasteiger partial charge in [0.15, 0.2) is 0 Å². The third-order valence-electron chi connectivity index (χ3n) is 2.79. The van der Waals surface area contributed by atoms with Crippen LogP contribution >= 0.6 is 11.8 Å². The molecular weight excluding hydrogens is 277 g/mol. The average molecular weight is 291 g/mol. The van der Waals surface area contributed by atoms with Crippen molar-refractivity contribution in [2.24, 2.45) is 0 Å². The normalized spacial score (nSPS) is 25.2. The number of alkyl halides is 5. The van der Waals surface area contributed by atoms with Crippen molar-refractivity contribution in [3.05, 3.63) is 0 Å². The minimum Gasteiger partial charge on any atom is -0.347 e. The molecule has 18 heavy (non-hydrogen) atoms. The van der Waals surface area contributed by atoms with Gasteiger partial charge < -0.3 is 5.32 Å². The lowest BCUT2D eigenvalue weighted by atomic mass is 10.2. The first-order valence-electron chi connectivity index (χ1n) is 5.57. The Hall–Kier alpha value is -0.530. The Morgan fingerprint density at radius 2 is 1.89 bits per heavy atom. The summed E-state index contributed by atoms with van der Waals surface area (Å²) in [6.45, 7) is 1.87. The number of hydrogen-bond donors (Lipinski definition) is 1. The van der Waals surface area contributed by atoms with Gasteiger partial charge in [-0.3, -0.25) is 4.79 Å². The van der Waals surface area contributed by atoms with Crippen molar-refractivity contribution in [2.45, 2.75) is 49.6 Å². The van der Waals surface area contributed by atoms with Crippen LogP contribution in [-0.4, -0.2) is 35.1 Å². The topological polar surface area (TPSA) is 29.1 Å². The summed E-state index contributed by atoms with van der Waals surface area (Å²) in [7, 11) is 0. The van der Waals surface area contributed by atoms with Crippen LogP contribution in [-0.2, 0) is 4.79 Å². The highest BCUT2D eigenvalue weighted by Gasteiger charge is 2.63. The SMILES string of the molecule is CCSC1CCCC1NC(=O)C(F)(F)C(F)(F)F. The zero-order valence-corrected chi connectivity index (χ0v) is 10.5. The van der Waals surface area contributed by atoms with Gasteiger partial charge in [-0.25, -0.2) is 0 Å². The monoisotopic (exact) mass is 291 g/mol. The van der Waals surface area contributed by atoms with E-state index in [1.807, 2.05) is 12.2 Å². The Balaban J connectivity index is 2.64. The molecule has 1 rings (SSSR count). The summed E-state index contributed by atoms with van der Waals surface area (Å²) in [5, 5.41) is 1.75. The summed E-state index contributed by atoms with van der Waals surface area (Å²) in [4.78, 5) is 11.0. The minimum absolute atomic E-state index is 0.0806. The highest BCUT2D eigenvalue weighted by molar-refractivity contribution is 7.99. The Morgan fingerprint density at radius 1 is 1.28 bits per heavy atom. The number of amides is 1. The minimum atomic E-state index is -5.84. The van der Waals surface area contributed by atoms with Crippen LogP contribution in [0.2, 0.25) is 0 Å². The Bertz CT molecular complexity index is 307. The molecule has 0 aromatic carbocycles. The van der Waals surface area contributed by atoms with Crippen molar-refractivity contribution in [1.82, 2.24) is 5.32 Å². The Labute approximate surface area is 106 Å². The van der Waals surface area contributed by atoms with Gasteiger partial charge >= 0.3 is 18.0 Å². The maximum absolute atomic E-state index is 12.7. The molecule has 1 saturated carbocycles. The largest absolute Gasteiger partial charge is 0.463 e. The van der Waals surface area contributed by atoms with E-state index in [4.69, 9.17) is 0 Å². The van der Waals surface area contributed by atoms with Crippen LogP contribution in [0.15, 0.2) is 0 Å². The number of carbonyl (C=O) groups excluding carboxylic acids is 1. The fraction of sp³-hybridized carbons (Fsp3) is 0.900. The predicted octanol–water partition coefficient (Wildman–Crippen LogP) is 2.97. The molecule has 1 fully saturated rings. The van der Waals surface area contributed by atoms with E-state index in [0.29, 0.717) is 6.42 Å². The molecular formula is C10H14F5NOS. The number of rotatable bonds is 4. The van der Waals surface area contributed by atoms with Crippen molar-refractivity contribution < 1.29 is 26.7 Å². The number of nitrogens with one attached hydrogen (secondary N) is 1. The first-order chi connectivity index (χ1) is 8.20. The van der Waals surface area contributed by atoms with Crippen molar-refractivity contribution in [3.8, 4) is 0 Å². The highest BCUT2D eigenvalue weighted by atomic mass is 32.2. The maximum atomic E-state index is 12.7. The zero-order chi connectivity index (χ0) is 14.0. The first-order valence-corrected chi connectivity index (χ1v) is 6.62. The molecule has 2 nitrogen and oxygen atoms in total. The molecule has 0 bridgehead atoms. The first kappa shape index (κ1) is 15.5. The summed E-state index contributed by atoms with van der Waals surface area (Å²) in [6.07, 6.45) is -3.96. The van der Waals surface area contributed by atoms with E-state index in [0.717, 1.165) is 18.6 Å². The van der Waals surface area contributed by atoms with Crippen LogP contribution < -0.4 is 5.32 Å². The average Bonchev–Trinajstić information content (AvgIpc) is 2.64. The van der Waals surface area contributed by atoms with Crippen LogP contribution in [0.25, 0.3) is 0 Å². The smallest absolute Gasteiger partial charge is 0.347 e. The van der Waals surface area contributed by atoms with Gasteiger partial charge in [-0.05, 0) is 18.6 Å². The predicted molar refractivity (Wildman–Crippen MR) is 58.7 cm³/mol.